The summed E-state index contributed by atoms with van der Waals surface area (Å²) in [7, 11) is 1.88. The second-order valence-corrected chi connectivity index (χ2v) is 5.04. The molecule has 5 heteroatoms. The molecule has 0 aliphatic rings. The van der Waals surface area contributed by atoms with E-state index in [0.29, 0.717) is 10.2 Å². The smallest absolute Gasteiger partial charge is 0.146 e. The van der Waals surface area contributed by atoms with E-state index < -0.39 is 0 Å². The summed E-state index contributed by atoms with van der Waals surface area (Å²) in [5.41, 5.74) is 1.10. The molecule has 0 bridgehead atoms. The third-order valence-electron chi connectivity index (χ3n) is 2.70. The molecule has 0 aliphatic carbocycles. The Bertz CT molecular complexity index is 569. The molecule has 1 aromatic carbocycles. The van der Waals surface area contributed by atoms with E-state index in [1.54, 1.807) is 6.07 Å². The number of halogens is 2. The van der Waals surface area contributed by atoms with Gasteiger partial charge in [0.2, 0.25) is 0 Å². The van der Waals surface area contributed by atoms with Gasteiger partial charge in [0.05, 0.1) is 4.47 Å². The van der Waals surface area contributed by atoms with E-state index in [0.717, 1.165) is 23.6 Å². The molecule has 3 nitrogen and oxygen atoms in total. The minimum atomic E-state index is -0.329. The monoisotopic (exact) mass is 327 g/mol. The van der Waals surface area contributed by atoms with E-state index >= 15 is 0 Å². The van der Waals surface area contributed by atoms with Crippen LogP contribution >= 0.6 is 15.9 Å². The predicted molar refractivity (Wildman–Crippen MR) is 74.6 cm³/mol. The van der Waals surface area contributed by atoms with Crippen LogP contribution in [0.3, 0.4) is 0 Å². The topological polar surface area (TPSA) is 34.4 Å². The van der Waals surface area contributed by atoms with Gasteiger partial charge in [-0.1, -0.05) is 0 Å². The van der Waals surface area contributed by atoms with Crippen LogP contribution in [0.5, 0.6) is 5.75 Å². The lowest BCUT2D eigenvalue weighted by atomic mass is 10.2. The zero-order chi connectivity index (χ0) is 13.8. The summed E-state index contributed by atoms with van der Waals surface area (Å²) in [5.74, 6) is 1.72. The van der Waals surface area contributed by atoms with Gasteiger partial charge in [-0.15, -0.1) is 0 Å². The Balaban J connectivity index is 2.06. The average Bonchev–Trinajstić information content (AvgIpc) is 2.72. The summed E-state index contributed by atoms with van der Waals surface area (Å²) in [6, 6.07) is 6.27. The number of rotatable bonds is 5. The van der Waals surface area contributed by atoms with Crippen LogP contribution in [0, 0.1) is 12.7 Å². The molecule has 0 atom stereocenters. The minimum absolute atomic E-state index is 0.270. The Morgan fingerprint density at radius 3 is 2.89 bits per heavy atom. The molecule has 1 N–H and O–H groups in total. The highest BCUT2D eigenvalue weighted by Crippen LogP contribution is 2.26. The largest absolute Gasteiger partial charge is 0.484 e. The highest BCUT2D eigenvalue weighted by Gasteiger charge is 2.09. The van der Waals surface area contributed by atoms with Crippen LogP contribution in [0.2, 0.25) is 0 Å². The molecule has 0 saturated heterocycles. The molecule has 19 heavy (non-hydrogen) atoms. The third kappa shape index (κ3) is 3.58. The number of furan rings is 1. The highest BCUT2D eigenvalue weighted by atomic mass is 79.9. The van der Waals surface area contributed by atoms with Crippen molar-refractivity contribution < 1.29 is 13.5 Å². The number of benzene rings is 1. The van der Waals surface area contributed by atoms with Gasteiger partial charge in [0.1, 0.15) is 29.7 Å². The molecule has 1 heterocycles. The maximum atomic E-state index is 13.1. The fourth-order valence-electron chi connectivity index (χ4n) is 1.76. The van der Waals surface area contributed by atoms with Gasteiger partial charge < -0.3 is 14.5 Å². The second kappa shape index (κ2) is 6.21. The Kier molecular flexibility index (Phi) is 4.61. The average molecular weight is 328 g/mol. The molecule has 0 unspecified atom stereocenters. The second-order valence-electron chi connectivity index (χ2n) is 4.19. The van der Waals surface area contributed by atoms with Crippen molar-refractivity contribution in [1.29, 1.82) is 0 Å². The molecule has 2 rings (SSSR count). The van der Waals surface area contributed by atoms with Crippen LogP contribution in [0.1, 0.15) is 17.1 Å². The van der Waals surface area contributed by atoms with Crippen LogP contribution in [-0.4, -0.2) is 7.05 Å². The van der Waals surface area contributed by atoms with Gasteiger partial charge in [-0.3, -0.25) is 0 Å². The molecule has 0 saturated carbocycles. The Hall–Kier alpha value is -1.33. The molecule has 0 amide bonds. The van der Waals surface area contributed by atoms with E-state index in [9.17, 15) is 4.39 Å². The minimum Gasteiger partial charge on any atom is -0.484 e. The molecule has 0 fully saturated rings. The van der Waals surface area contributed by atoms with Crippen LogP contribution in [0.4, 0.5) is 4.39 Å². The normalized spacial score (nSPS) is 10.7. The number of nitrogens with one attached hydrogen (secondary N) is 1. The first-order valence-electron chi connectivity index (χ1n) is 5.91. The van der Waals surface area contributed by atoms with Crippen molar-refractivity contribution in [3.8, 4) is 5.75 Å². The standard InChI is InChI=1S/C14H15BrFNO2/c1-9-10(7-17-2)5-12(19-9)8-18-14-6-11(16)3-4-13(14)15/h3-6,17H,7-8H2,1-2H3. The molecule has 0 radical (unpaired) electrons. The van der Waals surface area contributed by atoms with Crippen molar-refractivity contribution in [1.82, 2.24) is 5.32 Å². The number of ether oxygens (including phenoxy) is 1. The van der Waals surface area contributed by atoms with E-state index in [2.05, 4.69) is 21.2 Å². The first kappa shape index (κ1) is 14.1. The maximum absolute atomic E-state index is 13.1. The van der Waals surface area contributed by atoms with Gasteiger partial charge in [0.25, 0.3) is 0 Å². The fourth-order valence-corrected chi connectivity index (χ4v) is 2.12. The van der Waals surface area contributed by atoms with Gasteiger partial charge in [0.15, 0.2) is 0 Å². The summed E-state index contributed by atoms with van der Waals surface area (Å²) in [5, 5.41) is 3.07. The Labute approximate surface area is 119 Å². The van der Waals surface area contributed by atoms with Gasteiger partial charge >= 0.3 is 0 Å². The van der Waals surface area contributed by atoms with E-state index in [1.807, 2.05) is 20.0 Å². The van der Waals surface area contributed by atoms with Crippen molar-refractivity contribution in [2.75, 3.05) is 7.05 Å². The van der Waals surface area contributed by atoms with Crippen LogP contribution in [-0.2, 0) is 13.2 Å². The van der Waals surface area contributed by atoms with Crippen molar-refractivity contribution in [2.24, 2.45) is 0 Å². The zero-order valence-corrected chi connectivity index (χ0v) is 12.4. The van der Waals surface area contributed by atoms with Crippen molar-refractivity contribution in [2.45, 2.75) is 20.1 Å². The van der Waals surface area contributed by atoms with Gasteiger partial charge in [-0.25, -0.2) is 4.39 Å². The number of hydrogen-bond acceptors (Lipinski definition) is 3. The Morgan fingerprint density at radius 2 is 2.16 bits per heavy atom. The van der Waals surface area contributed by atoms with Gasteiger partial charge in [0, 0.05) is 18.2 Å². The van der Waals surface area contributed by atoms with E-state index in [4.69, 9.17) is 9.15 Å². The SMILES string of the molecule is CNCc1cc(COc2cc(F)ccc2Br)oc1C. The third-order valence-corrected chi connectivity index (χ3v) is 3.36. The van der Waals surface area contributed by atoms with E-state index in [-0.39, 0.29) is 12.4 Å². The van der Waals surface area contributed by atoms with Gasteiger partial charge in [-0.2, -0.15) is 0 Å². The van der Waals surface area contributed by atoms with Gasteiger partial charge in [-0.05, 0) is 48.1 Å². The van der Waals surface area contributed by atoms with Crippen molar-refractivity contribution in [3.63, 3.8) is 0 Å². The molecule has 2 aromatic rings. The maximum Gasteiger partial charge on any atom is 0.146 e. The predicted octanol–water partition coefficient (Wildman–Crippen LogP) is 3.79. The molecular weight excluding hydrogens is 313 g/mol. The summed E-state index contributed by atoms with van der Waals surface area (Å²) in [6.07, 6.45) is 0. The highest BCUT2D eigenvalue weighted by molar-refractivity contribution is 9.10. The Morgan fingerprint density at radius 1 is 1.37 bits per heavy atom. The van der Waals surface area contributed by atoms with Crippen LogP contribution in [0.15, 0.2) is 33.2 Å². The zero-order valence-electron chi connectivity index (χ0n) is 10.8. The summed E-state index contributed by atoms with van der Waals surface area (Å²) in [6.45, 7) is 2.93. The lowest BCUT2D eigenvalue weighted by Gasteiger charge is -2.06. The summed E-state index contributed by atoms with van der Waals surface area (Å²) < 4.78 is 25.0. The molecule has 102 valence electrons. The molecule has 0 spiro atoms. The molecule has 0 aliphatic heterocycles. The van der Waals surface area contributed by atoms with Crippen molar-refractivity contribution in [3.05, 3.63) is 51.6 Å². The number of hydrogen-bond donors (Lipinski definition) is 1. The molecular formula is C14H15BrFNO2. The summed E-state index contributed by atoms with van der Waals surface area (Å²) >= 11 is 3.32. The van der Waals surface area contributed by atoms with Crippen LogP contribution < -0.4 is 10.1 Å². The van der Waals surface area contributed by atoms with Crippen LogP contribution in [0.25, 0.3) is 0 Å². The first-order chi connectivity index (χ1) is 9.10. The van der Waals surface area contributed by atoms with Crippen molar-refractivity contribution >= 4 is 15.9 Å². The van der Waals surface area contributed by atoms with E-state index in [1.165, 1.54) is 12.1 Å². The lowest BCUT2D eigenvalue weighted by molar-refractivity contribution is 0.265. The first-order valence-corrected chi connectivity index (χ1v) is 6.70. The summed E-state index contributed by atoms with van der Waals surface area (Å²) in [4.78, 5) is 0. The molecule has 1 aromatic heterocycles. The quantitative estimate of drug-likeness (QED) is 0.907. The lowest BCUT2D eigenvalue weighted by Crippen LogP contribution is -2.04. The number of aryl methyl sites for hydroxylation is 1. The fraction of sp³-hybridized carbons (Fsp3) is 0.286.